The van der Waals surface area contributed by atoms with Gasteiger partial charge in [-0.05, 0) is 24.1 Å². The van der Waals surface area contributed by atoms with Gasteiger partial charge in [-0.3, -0.25) is 9.00 Å². The third-order valence-corrected chi connectivity index (χ3v) is 5.58. The van der Waals surface area contributed by atoms with E-state index in [2.05, 4.69) is 5.32 Å². The quantitative estimate of drug-likeness (QED) is 0.758. The minimum atomic E-state index is -3.88. The summed E-state index contributed by atoms with van der Waals surface area (Å²) in [5.74, 6) is 0.523. The summed E-state index contributed by atoms with van der Waals surface area (Å²) >= 11 is 0. The molecule has 0 heterocycles. The van der Waals surface area contributed by atoms with Crippen molar-refractivity contribution in [3.05, 3.63) is 29.3 Å². The maximum absolute atomic E-state index is 12.1. The molecule has 0 saturated carbocycles. The Morgan fingerprint density at radius 1 is 1.33 bits per heavy atom. The normalized spacial score (nSPS) is 12.9. The average molecular weight is 352 g/mol. The molecule has 0 radical (unpaired) electrons. The van der Waals surface area contributed by atoms with Gasteiger partial charge in [0.05, 0.1) is 4.90 Å². The number of hydrogen-bond acceptors (Lipinski definition) is 4. The van der Waals surface area contributed by atoms with Gasteiger partial charge in [0.1, 0.15) is 0 Å². The van der Waals surface area contributed by atoms with Gasteiger partial charge in [-0.25, -0.2) is 8.42 Å². The van der Waals surface area contributed by atoms with Crippen LogP contribution in [-0.4, -0.2) is 36.6 Å². The van der Waals surface area contributed by atoms with Crippen molar-refractivity contribution in [3.8, 4) is 0 Å². The van der Waals surface area contributed by atoms with Gasteiger partial charge < -0.3 is 5.32 Å². The highest BCUT2D eigenvalue weighted by molar-refractivity contribution is 8.13. The van der Waals surface area contributed by atoms with Gasteiger partial charge in [0.15, 0.2) is 0 Å². The van der Waals surface area contributed by atoms with Crippen LogP contribution in [0, 0.1) is 0 Å². The van der Waals surface area contributed by atoms with Crippen molar-refractivity contribution in [1.29, 1.82) is 0 Å². The van der Waals surface area contributed by atoms with Crippen molar-refractivity contribution < 1.29 is 17.4 Å². The lowest BCUT2D eigenvalue weighted by atomic mass is 10.0. The van der Waals surface area contributed by atoms with Crippen LogP contribution >= 0.6 is 10.7 Å². The molecule has 0 spiro atoms. The molecular formula is C13H18ClNO4S2. The monoisotopic (exact) mass is 351 g/mol. The molecule has 1 atom stereocenters. The Labute approximate surface area is 132 Å². The van der Waals surface area contributed by atoms with Gasteiger partial charge in [0.25, 0.3) is 15.0 Å². The third kappa shape index (κ3) is 5.41. The number of carbonyl (C=O) groups excluding carboxylic acids is 1. The van der Waals surface area contributed by atoms with E-state index in [-0.39, 0.29) is 22.9 Å². The maximum Gasteiger partial charge on any atom is 0.261 e. The van der Waals surface area contributed by atoms with Crippen LogP contribution in [0.3, 0.4) is 0 Å². The molecule has 5 nitrogen and oxygen atoms in total. The maximum atomic E-state index is 12.1. The highest BCUT2D eigenvalue weighted by atomic mass is 35.7. The zero-order chi connectivity index (χ0) is 16.0. The molecule has 0 aliphatic heterocycles. The van der Waals surface area contributed by atoms with Crippen molar-refractivity contribution in [2.75, 3.05) is 18.1 Å². The smallest absolute Gasteiger partial charge is 0.261 e. The molecule has 21 heavy (non-hydrogen) atoms. The van der Waals surface area contributed by atoms with Crippen LogP contribution in [-0.2, 0) is 26.3 Å². The van der Waals surface area contributed by atoms with Gasteiger partial charge in [0.2, 0.25) is 0 Å². The van der Waals surface area contributed by atoms with Gasteiger partial charge in [-0.1, -0.05) is 19.9 Å². The summed E-state index contributed by atoms with van der Waals surface area (Å²) in [4.78, 5) is 12.0. The largest absolute Gasteiger partial charge is 0.351 e. The Bertz CT molecular complexity index is 644. The fourth-order valence-corrected chi connectivity index (χ4v) is 3.14. The number of benzene rings is 1. The molecule has 1 unspecified atom stereocenters. The first-order chi connectivity index (χ1) is 9.79. The summed E-state index contributed by atoms with van der Waals surface area (Å²) in [7, 11) is 0.460. The van der Waals surface area contributed by atoms with Crippen LogP contribution in [0.1, 0.15) is 29.8 Å². The molecule has 1 amide bonds. The fourth-order valence-electron chi connectivity index (χ4n) is 1.74. The number of aryl methyl sites for hydroxylation is 1. The van der Waals surface area contributed by atoms with Gasteiger partial charge in [-0.2, -0.15) is 0 Å². The van der Waals surface area contributed by atoms with E-state index in [1.807, 2.05) is 13.8 Å². The second-order valence-corrected chi connectivity index (χ2v) is 8.73. The molecule has 0 aliphatic rings. The summed E-state index contributed by atoms with van der Waals surface area (Å²) < 4.78 is 34.0. The Morgan fingerprint density at radius 3 is 2.52 bits per heavy atom. The summed E-state index contributed by atoms with van der Waals surface area (Å²) in [6, 6.07) is 4.23. The molecule has 1 aromatic rings. The predicted octanol–water partition coefficient (Wildman–Crippen LogP) is 1.67. The number of rotatable bonds is 7. The number of halogens is 1. The predicted molar refractivity (Wildman–Crippen MR) is 84.7 cm³/mol. The number of carbonyl (C=O) groups is 1. The molecule has 1 rings (SSSR count). The average Bonchev–Trinajstić information content (AvgIpc) is 2.45. The Balaban J connectivity index is 2.94. The van der Waals surface area contributed by atoms with Gasteiger partial charge in [0, 0.05) is 45.1 Å². The Kier molecular flexibility index (Phi) is 6.83. The van der Waals surface area contributed by atoms with Crippen molar-refractivity contribution in [3.63, 3.8) is 0 Å². The van der Waals surface area contributed by atoms with Crippen LogP contribution in [0.2, 0.25) is 0 Å². The molecule has 118 valence electrons. The zero-order valence-corrected chi connectivity index (χ0v) is 14.3. The van der Waals surface area contributed by atoms with Crippen molar-refractivity contribution in [2.45, 2.75) is 25.2 Å². The van der Waals surface area contributed by atoms with Crippen LogP contribution in [0.4, 0.5) is 0 Å². The first kappa shape index (κ1) is 18.1. The van der Waals surface area contributed by atoms with E-state index in [1.165, 1.54) is 12.1 Å². The van der Waals surface area contributed by atoms with Crippen molar-refractivity contribution in [2.24, 2.45) is 0 Å². The minimum Gasteiger partial charge on any atom is -0.351 e. The lowest BCUT2D eigenvalue weighted by molar-refractivity contribution is 0.0955. The van der Waals surface area contributed by atoms with Crippen molar-refractivity contribution in [1.82, 2.24) is 5.32 Å². The highest BCUT2D eigenvalue weighted by Crippen LogP contribution is 2.20. The molecule has 0 bridgehead atoms. The second kappa shape index (κ2) is 7.91. The number of hydrogen-bond donors (Lipinski definition) is 1. The van der Waals surface area contributed by atoms with E-state index in [0.717, 1.165) is 5.56 Å². The molecule has 0 aliphatic carbocycles. The van der Waals surface area contributed by atoms with Gasteiger partial charge >= 0.3 is 0 Å². The van der Waals surface area contributed by atoms with E-state index in [0.29, 0.717) is 17.9 Å². The molecule has 1 N–H and O–H groups in total. The standard InChI is InChI=1S/C13H18ClNO4S2/c1-3-10-5-6-11(21(14,18)19)9-12(10)13(16)15-7-8-20(17)4-2/h5-6,9H,3-4,7-8H2,1-2H3,(H,15,16). The fraction of sp³-hybridized carbons (Fsp3) is 0.462. The van der Waals surface area contributed by atoms with E-state index < -0.39 is 19.9 Å². The number of amides is 1. The van der Waals surface area contributed by atoms with Crippen molar-refractivity contribution >= 4 is 36.4 Å². The third-order valence-electron chi connectivity index (χ3n) is 2.93. The first-order valence-electron chi connectivity index (χ1n) is 6.50. The first-order valence-corrected chi connectivity index (χ1v) is 10.3. The van der Waals surface area contributed by atoms with Gasteiger partial charge in [-0.15, -0.1) is 0 Å². The topological polar surface area (TPSA) is 80.3 Å². The molecule has 0 aromatic heterocycles. The van der Waals surface area contributed by atoms with Crippen LogP contribution < -0.4 is 5.32 Å². The molecular weight excluding hydrogens is 334 g/mol. The Hall–Kier alpha value is -0.920. The zero-order valence-electron chi connectivity index (χ0n) is 11.9. The van der Waals surface area contributed by atoms with Crippen LogP contribution in [0.5, 0.6) is 0 Å². The van der Waals surface area contributed by atoms with Crippen LogP contribution in [0.25, 0.3) is 0 Å². The molecule has 0 saturated heterocycles. The van der Waals surface area contributed by atoms with E-state index >= 15 is 0 Å². The lowest BCUT2D eigenvalue weighted by Crippen LogP contribution is -2.29. The Morgan fingerprint density at radius 2 is 2.00 bits per heavy atom. The molecule has 1 aromatic carbocycles. The summed E-state index contributed by atoms with van der Waals surface area (Å²) in [5, 5.41) is 2.65. The lowest BCUT2D eigenvalue weighted by Gasteiger charge is -2.10. The summed E-state index contributed by atoms with van der Waals surface area (Å²) in [5.41, 5.74) is 1.01. The highest BCUT2D eigenvalue weighted by Gasteiger charge is 2.16. The summed E-state index contributed by atoms with van der Waals surface area (Å²) in [6.07, 6.45) is 0.590. The second-order valence-electron chi connectivity index (χ2n) is 4.30. The van der Waals surface area contributed by atoms with E-state index in [4.69, 9.17) is 10.7 Å². The SMILES string of the molecule is CCc1ccc(S(=O)(=O)Cl)cc1C(=O)NCCS(=O)CC. The van der Waals surface area contributed by atoms with E-state index in [1.54, 1.807) is 6.07 Å². The minimum absolute atomic E-state index is 0.108. The van der Waals surface area contributed by atoms with E-state index in [9.17, 15) is 17.4 Å². The number of nitrogens with one attached hydrogen (secondary N) is 1. The molecule has 8 heteroatoms. The van der Waals surface area contributed by atoms with Crippen LogP contribution in [0.15, 0.2) is 23.1 Å². The summed E-state index contributed by atoms with van der Waals surface area (Å²) in [6.45, 7) is 3.95. The molecule has 0 fully saturated rings.